The van der Waals surface area contributed by atoms with Crippen LogP contribution < -0.4 is 9.91 Å². The highest BCUT2D eigenvalue weighted by Gasteiger charge is 2.35. The number of aliphatic hydroxyl groups is 1. The topological polar surface area (TPSA) is 76.5 Å². The number of benzene rings is 2. The molecule has 1 atom stereocenters. The van der Waals surface area contributed by atoms with Gasteiger partial charge in [-0.15, -0.1) is 0 Å². The van der Waals surface area contributed by atoms with Gasteiger partial charge >= 0.3 is 0 Å². The summed E-state index contributed by atoms with van der Waals surface area (Å²) in [7, 11) is 1.51. The number of carbonyl (C=O) groups is 2. The molecule has 1 N–H and O–H groups in total. The summed E-state index contributed by atoms with van der Waals surface area (Å²) in [5.41, 5.74) is 2.31. The molecule has 0 aliphatic carbocycles. The summed E-state index contributed by atoms with van der Waals surface area (Å²) in [4.78, 5) is 27.3. The summed E-state index contributed by atoms with van der Waals surface area (Å²) in [5, 5.41) is 15.5. The van der Waals surface area contributed by atoms with Crippen molar-refractivity contribution in [2.45, 2.75) is 19.8 Å². The van der Waals surface area contributed by atoms with Crippen molar-refractivity contribution < 1.29 is 19.1 Å². The van der Waals surface area contributed by atoms with E-state index in [2.05, 4.69) is 11.7 Å². The lowest BCUT2D eigenvalue weighted by atomic mass is 9.84. The van der Waals surface area contributed by atoms with Gasteiger partial charge in [0.2, 0.25) is 6.41 Å². The fourth-order valence-electron chi connectivity index (χ4n) is 3.83. The summed E-state index contributed by atoms with van der Waals surface area (Å²) in [5.74, 6) is -1.21. The molecule has 2 aromatic carbocycles. The zero-order valence-electron chi connectivity index (χ0n) is 18.8. The van der Waals surface area contributed by atoms with Crippen LogP contribution in [0.1, 0.15) is 35.7 Å². The van der Waals surface area contributed by atoms with Crippen LogP contribution in [0.4, 0.5) is 15.8 Å². The van der Waals surface area contributed by atoms with Crippen LogP contribution in [-0.4, -0.2) is 54.9 Å². The number of aliphatic hydroxyl groups excluding tert-OH is 1. The Morgan fingerprint density at radius 3 is 2.67 bits per heavy atom. The molecule has 0 radical (unpaired) electrons. The van der Waals surface area contributed by atoms with Gasteiger partial charge in [-0.1, -0.05) is 35.9 Å². The Hall–Kier alpha value is -3.23. The van der Waals surface area contributed by atoms with Gasteiger partial charge in [0.1, 0.15) is 12.4 Å². The molecule has 0 bridgehead atoms. The number of amidine groups is 1. The molecule has 1 unspecified atom stereocenters. The van der Waals surface area contributed by atoms with Crippen molar-refractivity contribution in [3.05, 3.63) is 70.5 Å². The molecule has 2 amide bonds. The average Bonchev–Trinajstić information content (AvgIpc) is 2.79. The highest BCUT2D eigenvalue weighted by atomic mass is 35.5. The zero-order chi connectivity index (χ0) is 24.3. The Balaban J connectivity index is 2.09. The molecular weight excluding hydrogens is 447 g/mol. The van der Waals surface area contributed by atoms with Crippen molar-refractivity contribution in [2.75, 3.05) is 36.7 Å². The second kappa shape index (κ2) is 10.1. The lowest BCUT2D eigenvalue weighted by Crippen LogP contribution is -2.41. The molecule has 0 spiro atoms. The molecule has 7 nitrogen and oxygen atoms in total. The number of carbonyl (C=O) groups excluding carboxylic acids is 2. The molecule has 1 aliphatic rings. The van der Waals surface area contributed by atoms with Crippen LogP contribution in [0, 0.1) is 5.82 Å². The summed E-state index contributed by atoms with van der Waals surface area (Å²) in [6.07, 6.45) is 0.547. The standard InChI is InChI=1S/C24H26ClFN4O3/c1-5-29(14-32)23(13-31)27-28(4)22-11-16-17(10-20(22)26)24(33)30(12-18(16)15(2)3)21-9-7-6-8-19(21)25/h6-11,14,18,31H,2,5,12-13H2,1,3-4H3/b27-23-. The van der Waals surface area contributed by atoms with Crippen molar-refractivity contribution in [1.82, 2.24) is 4.90 Å². The quantitative estimate of drug-likeness (QED) is 0.217. The molecule has 1 heterocycles. The number of hydrazone groups is 1. The predicted molar refractivity (Wildman–Crippen MR) is 128 cm³/mol. The third-order valence-electron chi connectivity index (χ3n) is 5.63. The van der Waals surface area contributed by atoms with Gasteiger partial charge in [-0.05, 0) is 43.7 Å². The normalized spacial score (nSPS) is 15.8. The number of para-hydroxylation sites is 1. The Kier molecular flexibility index (Phi) is 7.50. The number of anilines is 2. The molecule has 174 valence electrons. The van der Waals surface area contributed by atoms with E-state index in [4.69, 9.17) is 11.6 Å². The van der Waals surface area contributed by atoms with Gasteiger partial charge in [-0.2, -0.15) is 5.10 Å². The largest absolute Gasteiger partial charge is 0.388 e. The van der Waals surface area contributed by atoms with Crippen LogP contribution in [0.25, 0.3) is 0 Å². The minimum atomic E-state index is -0.665. The first-order chi connectivity index (χ1) is 15.7. The van der Waals surface area contributed by atoms with Crippen molar-refractivity contribution in [2.24, 2.45) is 5.10 Å². The minimum Gasteiger partial charge on any atom is -0.388 e. The number of rotatable bonds is 7. The molecule has 0 saturated carbocycles. The average molecular weight is 473 g/mol. The van der Waals surface area contributed by atoms with Gasteiger partial charge in [0.25, 0.3) is 5.91 Å². The summed E-state index contributed by atoms with van der Waals surface area (Å²) >= 11 is 6.33. The molecule has 3 rings (SSSR count). The third-order valence-corrected chi connectivity index (χ3v) is 5.95. The van der Waals surface area contributed by atoms with Crippen LogP contribution in [-0.2, 0) is 4.79 Å². The zero-order valence-corrected chi connectivity index (χ0v) is 19.5. The predicted octanol–water partition coefficient (Wildman–Crippen LogP) is 4.02. The van der Waals surface area contributed by atoms with E-state index in [1.807, 2.05) is 6.92 Å². The molecular formula is C24H26ClFN4O3. The van der Waals surface area contributed by atoms with Crippen LogP contribution in [0.5, 0.6) is 0 Å². The van der Waals surface area contributed by atoms with Gasteiger partial charge in [-0.3, -0.25) is 19.5 Å². The van der Waals surface area contributed by atoms with E-state index in [1.165, 1.54) is 27.9 Å². The van der Waals surface area contributed by atoms with E-state index >= 15 is 4.39 Å². The molecule has 1 aliphatic heterocycles. The van der Waals surface area contributed by atoms with Gasteiger partial charge in [-0.25, -0.2) is 4.39 Å². The van der Waals surface area contributed by atoms with Crippen molar-refractivity contribution in [1.29, 1.82) is 0 Å². The van der Waals surface area contributed by atoms with E-state index in [1.54, 1.807) is 37.3 Å². The number of hydrogen-bond donors (Lipinski definition) is 1. The number of halogens is 2. The van der Waals surface area contributed by atoms with Crippen LogP contribution in [0.15, 0.2) is 53.7 Å². The van der Waals surface area contributed by atoms with E-state index in [0.717, 1.165) is 5.57 Å². The second-order valence-electron chi connectivity index (χ2n) is 7.75. The maximum absolute atomic E-state index is 15.2. The Morgan fingerprint density at radius 1 is 1.39 bits per heavy atom. The SMILES string of the molecule is C=C(C)C1CN(c2ccccc2Cl)C(=O)c2cc(F)c(N(C)/N=C(/CO)N(C=O)CC)cc21. The van der Waals surface area contributed by atoms with Crippen molar-refractivity contribution in [3.63, 3.8) is 0 Å². The maximum Gasteiger partial charge on any atom is 0.258 e. The molecule has 33 heavy (non-hydrogen) atoms. The van der Waals surface area contributed by atoms with Crippen LogP contribution in [0.2, 0.25) is 5.02 Å². The van der Waals surface area contributed by atoms with Crippen LogP contribution >= 0.6 is 11.6 Å². The second-order valence-corrected chi connectivity index (χ2v) is 8.15. The maximum atomic E-state index is 15.2. The Bertz CT molecular complexity index is 1120. The van der Waals surface area contributed by atoms with Gasteiger partial charge in [0.05, 0.1) is 16.4 Å². The fraction of sp³-hybridized carbons (Fsp3) is 0.292. The summed E-state index contributed by atoms with van der Waals surface area (Å²) < 4.78 is 15.2. The highest BCUT2D eigenvalue weighted by Crippen LogP contribution is 2.39. The Labute approximate surface area is 197 Å². The van der Waals surface area contributed by atoms with E-state index in [0.29, 0.717) is 35.8 Å². The number of fused-ring (bicyclic) bond motifs is 1. The first-order valence-electron chi connectivity index (χ1n) is 10.4. The van der Waals surface area contributed by atoms with E-state index in [-0.39, 0.29) is 28.9 Å². The first kappa shape index (κ1) is 24.4. The van der Waals surface area contributed by atoms with Crippen molar-refractivity contribution >= 4 is 41.1 Å². The highest BCUT2D eigenvalue weighted by molar-refractivity contribution is 6.34. The minimum absolute atomic E-state index is 0.0737. The number of amides is 2. The smallest absolute Gasteiger partial charge is 0.258 e. The fourth-order valence-corrected chi connectivity index (χ4v) is 4.07. The van der Waals surface area contributed by atoms with E-state index < -0.39 is 12.4 Å². The summed E-state index contributed by atoms with van der Waals surface area (Å²) in [6.45, 7) is 7.76. The van der Waals surface area contributed by atoms with Gasteiger partial charge < -0.3 is 10.0 Å². The lowest BCUT2D eigenvalue weighted by molar-refractivity contribution is -0.114. The molecule has 0 aromatic heterocycles. The number of likely N-dealkylation sites (N-methyl/N-ethyl adjacent to an activating group) is 1. The van der Waals surface area contributed by atoms with Crippen molar-refractivity contribution in [3.8, 4) is 0 Å². The Morgan fingerprint density at radius 2 is 2.09 bits per heavy atom. The number of hydrogen-bond acceptors (Lipinski definition) is 5. The molecule has 0 fully saturated rings. The van der Waals surface area contributed by atoms with Gasteiger partial charge in [0.15, 0.2) is 5.84 Å². The lowest BCUT2D eigenvalue weighted by Gasteiger charge is -2.36. The first-order valence-corrected chi connectivity index (χ1v) is 10.8. The molecule has 2 aromatic rings. The van der Waals surface area contributed by atoms with E-state index in [9.17, 15) is 14.7 Å². The third kappa shape index (κ3) is 4.77. The van der Waals surface area contributed by atoms with Gasteiger partial charge in [0, 0.05) is 31.6 Å². The van der Waals surface area contributed by atoms with Crippen LogP contribution in [0.3, 0.4) is 0 Å². The monoisotopic (exact) mass is 472 g/mol. The number of nitrogens with zero attached hydrogens (tertiary/aromatic N) is 4. The summed E-state index contributed by atoms with van der Waals surface area (Å²) in [6, 6.07) is 9.77. The molecule has 9 heteroatoms. The molecule has 0 saturated heterocycles.